The van der Waals surface area contributed by atoms with Crippen LogP contribution in [-0.2, 0) is 16.0 Å². The van der Waals surface area contributed by atoms with Gasteiger partial charge in [-0.1, -0.05) is 19.1 Å². The van der Waals surface area contributed by atoms with E-state index in [0.29, 0.717) is 5.75 Å². The Morgan fingerprint density at radius 2 is 1.93 bits per heavy atom. The molecule has 1 rings (SSSR count). The third kappa shape index (κ3) is 3.27. The molecule has 3 heteroatoms. The molecular weight excluding hydrogens is 192 g/mol. The minimum atomic E-state index is -0.567. The first-order chi connectivity index (χ1) is 7.17. The SMILES string of the molecule is CCc1ccc(O[C@@H](C)C(=O)OC)cc1. The van der Waals surface area contributed by atoms with Crippen LogP contribution in [0.1, 0.15) is 19.4 Å². The molecule has 0 saturated heterocycles. The van der Waals surface area contributed by atoms with Gasteiger partial charge in [-0.15, -0.1) is 0 Å². The van der Waals surface area contributed by atoms with E-state index in [1.807, 2.05) is 24.3 Å². The predicted molar refractivity (Wildman–Crippen MR) is 57.9 cm³/mol. The van der Waals surface area contributed by atoms with E-state index in [0.717, 1.165) is 6.42 Å². The summed E-state index contributed by atoms with van der Waals surface area (Å²) in [6.07, 6.45) is 0.426. The third-order valence-electron chi connectivity index (χ3n) is 2.18. The monoisotopic (exact) mass is 208 g/mol. The van der Waals surface area contributed by atoms with E-state index in [-0.39, 0.29) is 5.97 Å². The molecular formula is C12H16O3. The molecule has 0 saturated carbocycles. The van der Waals surface area contributed by atoms with Crippen LogP contribution in [-0.4, -0.2) is 19.2 Å². The smallest absolute Gasteiger partial charge is 0.346 e. The van der Waals surface area contributed by atoms with E-state index in [1.54, 1.807) is 6.92 Å². The van der Waals surface area contributed by atoms with Crippen molar-refractivity contribution in [2.75, 3.05) is 7.11 Å². The van der Waals surface area contributed by atoms with Crippen LogP contribution in [0.5, 0.6) is 5.75 Å². The van der Waals surface area contributed by atoms with E-state index in [1.165, 1.54) is 12.7 Å². The number of carbonyl (C=O) groups excluding carboxylic acids is 1. The van der Waals surface area contributed by atoms with Gasteiger partial charge in [-0.25, -0.2) is 4.79 Å². The zero-order valence-electron chi connectivity index (χ0n) is 9.32. The van der Waals surface area contributed by atoms with Gasteiger partial charge < -0.3 is 9.47 Å². The molecule has 0 heterocycles. The standard InChI is InChI=1S/C12H16O3/c1-4-10-5-7-11(8-6-10)15-9(2)12(13)14-3/h5-9H,4H2,1-3H3/t9-/m0/s1. The van der Waals surface area contributed by atoms with Crippen LogP contribution in [0.3, 0.4) is 0 Å². The molecule has 0 amide bonds. The van der Waals surface area contributed by atoms with Crippen molar-refractivity contribution < 1.29 is 14.3 Å². The van der Waals surface area contributed by atoms with Crippen molar-refractivity contribution in [1.82, 2.24) is 0 Å². The lowest BCUT2D eigenvalue weighted by atomic mass is 10.2. The first kappa shape index (κ1) is 11.6. The summed E-state index contributed by atoms with van der Waals surface area (Å²) in [6.45, 7) is 3.76. The van der Waals surface area contributed by atoms with Crippen LogP contribution in [0, 0.1) is 0 Å². The van der Waals surface area contributed by atoms with Gasteiger partial charge in [0.25, 0.3) is 0 Å². The van der Waals surface area contributed by atoms with Gasteiger partial charge in [0.1, 0.15) is 5.75 Å². The highest BCUT2D eigenvalue weighted by molar-refractivity contribution is 5.74. The Hall–Kier alpha value is -1.51. The first-order valence-corrected chi connectivity index (χ1v) is 5.00. The number of carbonyl (C=O) groups is 1. The fourth-order valence-electron chi connectivity index (χ4n) is 1.22. The van der Waals surface area contributed by atoms with Crippen molar-refractivity contribution in [3.05, 3.63) is 29.8 Å². The summed E-state index contributed by atoms with van der Waals surface area (Å²) in [7, 11) is 1.35. The lowest BCUT2D eigenvalue weighted by molar-refractivity contribution is -0.147. The number of hydrogen-bond acceptors (Lipinski definition) is 3. The molecule has 0 aliphatic heterocycles. The normalized spacial score (nSPS) is 11.9. The molecule has 0 N–H and O–H groups in total. The molecule has 0 aliphatic rings. The highest BCUT2D eigenvalue weighted by Crippen LogP contribution is 2.14. The Kier molecular flexibility index (Phi) is 4.16. The fourth-order valence-corrected chi connectivity index (χ4v) is 1.22. The van der Waals surface area contributed by atoms with E-state index < -0.39 is 6.10 Å². The number of benzene rings is 1. The van der Waals surface area contributed by atoms with Crippen molar-refractivity contribution in [2.45, 2.75) is 26.4 Å². The van der Waals surface area contributed by atoms with Crippen LogP contribution in [0.15, 0.2) is 24.3 Å². The zero-order valence-corrected chi connectivity index (χ0v) is 9.32. The quantitative estimate of drug-likeness (QED) is 0.711. The molecule has 1 atom stereocenters. The van der Waals surface area contributed by atoms with Crippen LogP contribution in [0.4, 0.5) is 0 Å². The molecule has 0 radical (unpaired) electrons. The summed E-state index contributed by atoms with van der Waals surface area (Å²) in [5, 5.41) is 0. The number of rotatable bonds is 4. The summed E-state index contributed by atoms with van der Waals surface area (Å²) in [4.78, 5) is 11.1. The molecule has 82 valence electrons. The van der Waals surface area contributed by atoms with E-state index in [4.69, 9.17) is 4.74 Å². The topological polar surface area (TPSA) is 35.5 Å². The van der Waals surface area contributed by atoms with Crippen LogP contribution < -0.4 is 4.74 Å². The number of ether oxygens (including phenoxy) is 2. The van der Waals surface area contributed by atoms with Gasteiger partial charge in [-0.2, -0.15) is 0 Å². The molecule has 0 aromatic heterocycles. The van der Waals surface area contributed by atoms with Gasteiger partial charge in [0, 0.05) is 0 Å². The highest BCUT2D eigenvalue weighted by Gasteiger charge is 2.14. The van der Waals surface area contributed by atoms with Gasteiger partial charge in [0.15, 0.2) is 6.10 Å². The summed E-state index contributed by atoms with van der Waals surface area (Å²) >= 11 is 0. The molecule has 15 heavy (non-hydrogen) atoms. The number of aryl methyl sites for hydroxylation is 1. The van der Waals surface area contributed by atoms with Gasteiger partial charge in [0.2, 0.25) is 0 Å². The molecule has 1 aromatic rings. The second-order valence-electron chi connectivity index (χ2n) is 3.28. The van der Waals surface area contributed by atoms with Gasteiger partial charge >= 0.3 is 5.97 Å². The van der Waals surface area contributed by atoms with E-state index in [2.05, 4.69) is 11.7 Å². The summed E-state index contributed by atoms with van der Waals surface area (Å²) in [5.41, 5.74) is 1.24. The minimum Gasteiger partial charge on any atom is -0.479 e. The molecule has 0 aliphatic carbocycles. The lowest BCUT2D eigenvalue weighted by Crippen LogP contribution is -2.24. The van der Waals surface area contributed by atoms with Crippen LogP contribution in [0.2, 0.25) is 0 Å². The number of methoxy groups -OCH3 is 1. The zero-order chi connectivity index (χ0) is 11.3. The van der Waals surface area contributed by atoms with Crippen molar-refractivity contribution in [2.24, 2.45) is 0 Å². The Morgan fingerprint density at radius 3 is 2.40 bits per heavy atom. The number of hydrogen-bond donors (Lipinski definition) is 0. The maximum Gasteiger partial charge on any atom is 0.346 e. The van der Waals surface area contributed by atoms with E-state index in [9.17, 15) is 4.79 Å². The maximum absolute atomic E-state index is 11.1. The van der Waals surface area contributed by atoms with Crippen molar-refractivity contribution >= 4 is 5.97 Å². The van der Waals surface area contributed by atoms with Gasteiger partial charge in [0.05, 0.1) is 7.11 Å². The fraction of sp³-hybridized carbons (Fsp3) is 0.417. The first-order valence-electron chi connectivity index (χ1n) is 5.00. The Balaban J connectivity index is 2.60. The average Bonchev–Trinajstić information content (AvgIpc) is 2.29. The highest BCUT2D eigenvalue weighted by atomic mass is 16.6. The van der Waals surface area contributed by atoms with Crippen molar-refractivity contribution in [3.63, 3.8) is 0 Å². The van der Waals surface area contributed by atoms with Crippen molar-refractivity contribution in [1.29, 1.82) is 0 Å². The van der Waals surface area contributed by atoms with Crippen LogP contribution >= 0.6 is 0 Å². The molecule has 0 unspecified atom stereocenters. The summed E-state index contributed by atoms with van der Waals surface area (Å²) in [5.74, 6) is 0.319. The molecule has 0 spiro atoms. The largest absolute Gasteiger partial charge is 0.479 e. The van der Waals surface area contributed by atoms with Gasteiger partial charge in [-0.3, -0.25) is 0 Å². The Morgan fingerprint density at radius 1 is 1.33 bits per heavy atom. The van der Waals surface area contributed by atoms with Gasteiger partial charge in [-0.05, 0) is 31.0 Å². The summed E-state index contributed by atoms with van der Waals surface area (Å²) in [6, 6.07) is 7.69. The Labute approximate surface area is 90.0 Å². The van der Waals surface area contributed by atoms with Crippen molar-refractivity contribution in [3.8, 4) is 5.75 Å². The lowest BCUT2D eigenvalue weighted by Gasteiger charge is -2.12. The number of esters is 1. The van der Waals surface area contributed by atoms with Crippen LogP contribution in [0.25, 0.3) is 0 Å². The molecule has 0 fully saturated rings. The predicted octanol–water partition coefficient (Wildman–Crippen LogP) is 2.19. The summed E-state index contributed by atoms with van der Waals surface area (Å²) < 4.78 is 9.96. The molecule has 3 nitrogen and oxygen atoms in total. The third-order valence-corrected chi connectivity index (χ3v) is 2.18. The molecule has 1 aromatic carbocycles. The Bertz CT molecular complexity index is 316. The average molecular weight is 208 g/mol. The minimum absolute atomic E-state index is 0.366. The molecule has 0 bridgehead atoms. The van der Waals surface area contributed by atoms with E-state index >= 15 is 0 Å². The second-order valence-corrected chi connectivity index (χ2v) is 3.28. The maximum atomic E-state index is 11.1. The second kappa shape index (κ2) is 5.39.